The molecule has 7 heteroatoms. The molecule has 1 aliphatic heterocycles. The monoisotopic (exact) mass is 392 g/mol. The second-order valence-corrected chi connectivity index (χ2v) is 6.43. The number of allylic oxidation sites excluding steroid dienone is 5. The summed E-state index contributed by atoms with van der Waals surface area (Å²) in [5.74, 6) is -0.770. The molecule has 1 amide bonds. The molecule has 7 nitrogen and oxygen atoms in total. The van der Waals surface area contributed by atoms with Crippen molar-refractivity contribution in [3.63, 3.8) is 0 Å². The lowest BCUT2D eigenvalue weighted by atomic mass is 10.0. The van der Waals surface area contributed by atoms with E-state index in [0.717, 1.165) is 5.69 Å². The molecule has 2 aromatic rings. The summed E-state index contributed by atoms with van der Waals surface area (Å²) in [6.07, 6.45) is 7.46. The first-order valence-electron chi connectivity index (χ1n) is 9.44. The average molecular weight is 392 g/mol. The molecular formula is C22H24N4O3. The fourth-order valence-electron chi connectivity index (χ4n) is 3.30. The molecule has 3 rings (SSSR count). The zero-order valence-electron chi connectivity index (χ0n) is 16.6. The molecule has 0 saturated heterocycles. The number of benzene rings is 1. The predicted molar refractivity (Wildman–Crippen MR) is 114 cm³/mol. The zero-order chi connectivity index (χ0) is 21.0. The number of nitrogens with zero attached hydrogens (tertiary/aromatic N) is 3. The highest BCUT2D eigenvalue weighted by Crippen LogP contribution is 2.29. The van der Waals surface area contributed by atoms with E-state index in [1.165, 1.54) is 4.68 Å². The number of esters is 1. The Balaban J connectivity index is 2.15. The highest BCUT2D eigenvalue weighted by Gasteiger charge is 2.35. The first-order chi connectivity index (χ1) is 14.0. The quantitative estimate of drug-likeness (QED) is 0.462. The summed E-state index contributed by atoms with van der Waals surface area (Å²) in [5, 5.41) is 4.45. The molecular weight excluding hydrogens is 368 g/mol. The molecule has 0 saturated carbocycles. The van der Waals surface area contributed by atoms with Gasteiger partial charge in [-0.3, -0.25) is 4.79 Å². The summed E-state index contributed by atoms with van der Waals surface area (Å²) < 4.78 is 6.65. The number of anilines is 2. The third-order valence-electron chi connectivity index (χ3n) is 4.56. The Bertz CT molecular complexity index is 1000. The van der Waals surface area contributed by atoms with Gasteiger partial charge < -0.3 is 15.4 Å². The van der Waals surface area contributed by atoms with E-state index >= 15 is 0 Å². The lowest BCUT2D eigenvalue weighted by Gasteiger charge is -2.28. The normalized spacial score (nSPS) is 14.2. The Hall–Kier alpha value is -3.61. The average Bonchev–Trinajstić information content (AvgIpc) is 3.10. The first kappa shape index (κ1) is 20.1. The van der Waals surface area contributed by atoms with E-state index < -0.39 is 5.97 Å². The van der Waals surface area contributed by atoms with E-state index in [-0.39, 0.29) is 18.2 Å². The number of rotatable bonds is 6. The Morgan fingerprint density at radius 3 is 2.69 bits per heavy atom. The minimum Gasteiger partial charge on any atom is -0.461 e. The summed E-state index contributed by atoms with van der Waals surface area (Å²) in [6, 6.07) is 7.11. The van der Waals surface area contributed by atoms with Crippen molar-refractivity contribution in [2.24, 2.45) is 0 Å². The minimum absolute atomic E-state index is 0.173. The Morgan fingerprint density at radius 1 is 1.34 bits per heavy atom. The molecule has 1 aliphatic rings. The SMILES string of the molecule is C=CC=C(C=CC)n1nc(C(=O)OCC)c2c1C(=O)N(c1ccc(N)cc1)CC2. The summed E-state index contributed by atoms with van der Waals surface area (Å²) in [6.45, 7) is 7.99. The summed E-state index contributed by atoms with van der Waals surface area (Å²) in [7, 11) is 0. The molecule has 0 unspecified atom stereocenters. The van der Waals surface area contributed by atoms with Crippen LogP contribution in [-0.2, 0) is 11.2 Å². The molecule has 0 fully saturated rings. The van der Waals surface area contributed by atoms with Crippen molar-refractivity contribution in [3.8, 4) is 0 Å². The molecule has 1 aromatic heterocycles. The number of nitrogens with two attached hydrogens (primary N) is 1. The van der Waals surface area contributed by atoms with Gasteiger partial charge in [-0.15, -0.1) is 0 Å². The van der Waals surface area contributed by atoms with Crippen LogP contribution < -0.4 is 10.6 Å². The van der Waals surface area contributed by atoms with Crippen LogP contribution in [-0.4, -0.2) is 34.8 Å². The van der Waals surface area contributed by atoms with Crippen molar-refractivity contribution in [3.05, 3.63) is 72.1 Å². The summed E-state index contributed by atoms with van der Waals surface area (Å²) in [5.41, 5.74) is 8.87. The standard InChI is InChI=1S/C22H24N4O3/c1-4-7-17(8-5-2)26-20-18(19(24-26)22(28)29-6-3)13-14-25(21(20)27)16-11-9-15(23)10-12-16/h4-5,7-12H,1,6,13-14,23H2,2-3H3. The van der Waals surface area contributed by atoms with Crippen LogP contribution in [0.4, 0.5) is 11.4 Å². The van der Waals surface area contributed by atoms with Gasteiger partial charge in [0.25, 0.3) is 5.91 Å². The van der Waals surface area contributed by atoms with Crippen molar-refractivity contribution in [2.45, 2.75) is 20.3 Å². The fraction of sp³-hybridized carbons (Fsp3) is 0.227. The van der Waals surface area contributed by atoms with E-state index in [1.54, 1.807) is 54.3 Å². The maximum atomic E-state index is 13.4. The number of hydrogen-bond donors (Lipinski definition) is 1. The number of nitrogen functional groups attached to an aromatic ring is 1. The molecule has 0 aliphatic carbocycles. The van der Waals surface area contributed by atoms with Crippen LogP contribution in [0.5, 0.6) is 0 Å². The Morgan fingerprint density at radius 2 is 2.07 bits per heavy atom. The van der Waals surface area contributed by atoms with Gasteiger partial charge in [-0.1, -0.05) is 18.7 Å². The number of fused-ring (bicyclic) bond motifs is 1. The highest BCUT2D eigenvalue weighted by molar-refractivity contribution is 6.09. The van der Waals surface area contributed by atoms with Crippen LogP contribution in [0.15, 0.2) is 55.1 Å². The topological polar surface area (TPSA) is 90.5 Å². The van der Waals surface area contributed by atoms with E-state index in [9.17, 15) is 9.59 Å². The van der Waals surface area contributed by atoms with Gasteiger partial charge in [0.2, 0.25) is 0 Å². The molecule has 2 N–H and O–H groups in total. The molecule has 0 bridgehead atoms. The van der Waals surface area contributed by atoms with E-state index in [0.29, 0.717) is 35.6 Å². The number of hydrogen-bond acceptors (Lipinski definition) is 5. The molecule has 29 heavy (non-hydrogen) atoms. The lowest BCUT2D eigenvalue weighted by Crippen LogP contribution is -2.39. The van der Waals surface area contributed by atoms with Crippen molar-refractivity contribution in [1.82, 2.24) is 9.78 Å². The van der Waals surface area contributed by atoms with Gasteiger partial charge in [-0.2, -0.15) is 5.10 Å². The third kappa shape index (κ3) is 3.85. The number of amides is 1. The molecule has 1 aromatic carbocycles. The van der Waals surface area contributed by atoms with Crippen molar-refractivity contribution >= 4 is 28.9 Å². The first-order valence-corrected chi connectivity index (χ1v) is 9.44. The largest absolute Gasteiger partial charge is 0.461 e. The fourth-order valence-corrected chi connectivity index (χ4v) is 3.30. The van der Waals surface area contributed by atoms with E-state index in [1.807, 2.05) is 13.0 Å². The molecule has 2 heterocycles. The van der Waals surface area contributed by atoms with Crippen LogP contribution >= 0.6 is 0 Å². The maximum absolute atomic E-state index is 13.4. The molecule has 0 radical (unpaired) electrons. The highest BCUT2D eigenvalue weighted by atomic mass is 16.5. The van der Waals surface area contributed by atoms with Crippen LogP contribution in [0.3, 0.4) is 0 Å². The maximum Gasteiger partial charge on any atom is 0.359 e. The second kappa shape index (κ2) is 8.60. The lowest BCUT2D eigenvalue weighted by molar-refractivity contribution is 0.0517. The van der Waals surface area contributed by atoms with Crippen LogP contribution in [0.25, 0.3) is 5.70 Å². The summed E-state index contributed by atoms with van der Waals surface area (Å²) in [4.78, 5) is 27.6. The molecule has 150 valence electrons. The number of ether oxygens (including phenoxy) is 1. The van der Waals surface area contributed by atoms with Crippen molar-refractivity contribution in [2.75, 3.05) is 23.8 Å². The van der Waals surface area contributed by atoms with Gasteiger partial charge >= 0.3 is 5.97 Å². The van der Waals surface area contributed by atoms with Crippen LogP contribution in [0, 0.1) is 0 Å². The second-order valence-electron chi connectivity index (χ2n) is 6.43. The van der Waals surface area contributed by atoms with E-state index in [4.69, 9.17) is 10.5 Å². The Kier molecular flexibility index (Phi) is 5.97. The van der Waals surface area contributed by atoms with Crippen molar-refractivity contribution in [1.29, 1.82) is 0 Å². The molecule has 0 spiro atoms. The van der Waals surface area contributed by atoms with Gasteiger partial charge in [0.15, 0.2) is 5.69 Å². The van der Waals surface area contributed by atoms with Crippen LogP contribution in [0.2, 0.25) is 0 Å². The Labute approximate surface area is 169 Å². The number of carbonyl (C=O) groups is 2. The summed E-state index contributed by atoms with van der Waals surface area (Å²) >= 11 is 0. The smallest absolute Gasteiger partial charge is 0.359 e. The number of carbonyl (C=O) groups excluding carboxylic acids is 2. The van der Waals surface area contributed by atoms with Gasteiger partial charge in [-0.05, 0) is 56.7 Å². The van der Waals surface area contributed by atoms with Crippen LogP contribution in [0.1, 0.15) is 40.4 Å². The molecule has 0 atom stereocenters. The zero-order valence-corrected chi connectivity index (χ0v) is 16.6. The van der Waals surface area contributed by atoms with Gasteiger partial charge in [0, 0.05) is 23.5 Å². The van der Waals surface area contributed by atoms with Gasteiger partial charge in [0.1, 0.15) is 5.69 Å². The number of aromatic nitrogens is 2. The van der Waals surface area contributed by atoms with Crippen molar-refractivity contribution < 1.29 is 14.3 Å². The van der Waals surface area contributed by atoms with E-state index in [2.05, 4.69) is 11.7 Å². The minimum atomic E-state index is -0.533. The predicted octanol–water partition coefficient (Wildman–Crippen LogP) is 3.45. The third-order valence-corrected chi connectivity index (χ3v) is 4.56. The van der Waals surface area contributed by atoms with Gasteiger partial charge in [-0.25, -0.2) is 9.48 Å². The van der Waals surface area contributed by atoms with Gasteiger partial charge in [0.05, 0.1) is 12.3 Å².